The van der Waals surface area contributed by atoms with Crippen molar-refractivity contribution in [1.82, 2.24) is 10.6 Å². The first-order valence-electron chi connectivity index (χ1n) is 11.1. The fraction of sp³-hybridized carbons (Fsp3) is 0.696. The minimum atomic E-state index is 0.360. The summed E-state index contributed by atoms with van der Waals surface area (Å²) < 4.78 is 16.9. The van der Waals surface area contributed by atoms with Gasteiger partial charge in [0.2, 0.25) is 0 Å². The molecule has 1 fully saturated rings. The first-order valence-corrected chi connectivity index (χ1v) is 11.1. The first kappa shape index (κ1) is 23.3. The van der Waals surface area contributed by atoms with Gasteiger partial charge in [0, 0.05) is 32.8 Å². The fourth-order valence-electron chi connectivity index (χ4n) is 3.26. The van der Waals surface area contributed by atoms with Gasteiger partial charge in [-0.3, -0.25) is 4.99 Å². The summed E-state index contributed by atoms with van der Waals surface area (Å²) in [4.78, 5) is 4.84. The Hall–Kier alpha value is -1.95. The van der Waals surface area contributed by atoms with Crippen LogP contribution in [0.15, 0.2) is 23.2 Å². The SMILES string of the molecule is CCNC(=NCC1(CCOCC)CC1)NCCc1ccc(OCC)c(OCC)c1. The molecule has 0 radical (unpaired) electrons. The molecule has 2 N–H and O–H groups in total. The van der Waals surface area contributed by atoms with Crippen LogP contribution in [0, 0.1) is 5.41 Å². The van der Waals surface area contributed by atoms with Crippen LogP contribution in [0.25, 0.3) is 0 Å². The zero-order valence-corrected chi connectivity index (χ0v) is 18.7. The van der Waals surface area contributed by atoms with E-state index < -0.39 is 0 Å². The number of benzene rings is 1. The molecule has 0 saturated heterocycles. The summed E-state index contributed by atoms with van der Waals surface area (Å²) in [7, 11) is 0. The average Bonchev–Trinajstić information content (AvgIpc) is 3.49. The molecule has 0 atom stereocenters. The Labute approximate surface area is 176 Å². The summed E-state index contributed by atoms with van der Waals surface area (Å²) in [5, 5.41) is 6.82. The Morgan fingerprint density at radius 2 is 1.76 bits per heavy atom. The monoisotopic (exact) mass is 405 g/mol. The molecular formula is C23H39N3O3. The van der Waals surface area contributed by atoms with Gasteiger partial charge in [-0.2, -0.15) is 0 Å². The van der Waals surface area contributed by atoms with Crippen molar-refractivity contribution in [1.29, 1.82) is 0 Å². The summed E-state index contributed by atoms with van der Waals surface area (Å²) in [5.41, 5.74) is 1.58. The molecule has 1 aromatic rings. The van der Waals surface area contributed by atoms with Crippen molar-refractivity contribution < 1.29 is 14.2 Å². The molecule has 0 unspecified atom stereocenters. The summed E-state index contributed by atoms with van der Waals surface area (Å²) in [6, 6.07) is 6.18. The van der Waals surface area contributed by atoms with E-state index in [4.69, 9.17) is 19.2 Å². The molecule has 0 amide bonds. The van der Waals surface area contributed by atoms with Gasteiger partial charge in [-0.25, -0.2) is 0 Å². The third-order valence-corrected chi connectivity index (χ3v) is 5.17. The highest BCUT2D eigenvalue weighted by Gasteiger charge is 2.41. The van der Waals surface area contributed by atoms with Crippen LogP contribution < -0.4 is 20.1 Å². The van der Waals surface area contributed by atoms with E-state index in [2.05, 4.69) is 29.7 Å². The molecule has 0 aromatic heterocycles. The van der Waals surface area contributed by atoms with Crippen molar-refractivity contribution in [2.75, 3.05) is 46.1 Å². The van der Waals surface area contributed by atoms with Crippen molar-refractivity contribution in [3.8, 4) is 11.5 Å². The summed E-state index contributed by atoms with van der Waals surface area (Å²) in [5.74, 6) is 2.52. The van der Waals surface area contributed by atoms with E-state index in [9.17, 15) is 0 Å². The second kappa shape index (κ2) is 12.6. The van der Waals surface area contributed by atoms with Crippen LogP contribution in [-0.4, -0.2) is 52.0 Å². The Bertz CT molecular complexity index is 630. The van der Waals surface area contributed by atoms with Crippen molar-refractivity contribution in [3.63, 3.8) is 0 Å². The quantitative estimate of drug-likeness (QED) is 0.280. The van der Waals surface area contributed by atoms with E-state index in [1.807, 2.05) is 26.8 Å². The molecule has 2 rings (SSSR count). The van der Waals surface area contributed by atoms with Crippen LogP contribution in [0.4, 0.5) is 0 Å². The van der Waals surface area contributed by atoms with Gasteiger partial charge in [0.15, 0.2) is 17.5 Å². The highest BCUT2D eigenvalue weighted by Crippen LogP contribution is 2.49. The maximum Gasteiger partial charge on any atom is 0.191 e. The minimum Gasteiger partial charge on any atom is -0.490 e. The standard InChI is InChI=1S/C23H39N3O3/c1-5-24-22(26-18-23(12-13-23)14-16-27-6-2)25-15-11-19-9-10-20(28-7-3)21(17-19)29-8-4/h9-10,17H,5-8,11-16,18H2,1-4H3,(H2,24,25,26). The van der Waals surface area contributed by atoms with Crippen LogP contribution >= 0.6 is 0 Å². The summed E-state index contributed by atoms with van der Waals surface area (Å²) >= 11 is 0. The second-order valence-electron chi connectivity index (χ2n) is 7.47. The van der Waals surface area contributed by atoms with Gasteiger partial charge in [-0.05, 0) is 76.5 Å². The molecule has 0 aliphatic heterocycles. The molecule has 164 valence electrons. The number of ether oxygens (including phenoxy) is 3. The van der Waals surface area contributed by atoms with Gasteiger partial charge in [0.05, 0.1) is 13.2 Å². The minimum absolute atomic E-state index is 0.360. The van der Waals surface area contributed by atoms with Crippen molar-refractivity contribution in [3.05, 3.63) is 23.8 Å². The number of hydrogen-bond acceptors (Lipinski definition) is 4. The largest absolute Gasteiger partial charge is 0.490 e. The third kappa shape index (κ3) is 8.13. The van der Waals surface area contributed by atoms with Gasteiger partial charge in [-0.15, -0.1) is 0 Å². The number of rotatable bonds is 14. The van der Waals surface area contributed by atoms with Gasteiger partial charge in [0.1, 0.15) is 0 Å². The van der Waals surface area contributed by atoms with E-state index in [1.165, 1.54) is 18.4 Å². The first-order chi connectivity index (χ1) is 14.2. The van der Waals surface area contributed by atoms with Crippen molar-refractivity contribution in [2.45, 2.75) is 53.4 Å². The van der Waals surface area contributed by atoms with Gasteiger partial charge >= 0.3 is 0 Å². The fourth-order valence-corrected chi connectivity index (χ4v) is 3.26. The van der Waals surface area contributed by atoms with Crippen LogP contribution in [0.1, 0.15) is 52.5 Å². The van der Waals surface area contributed by atoms with Crippen LogP contribution in [0.3, 0.4) is 0 Å². The number of nitrogens with zero attached hydrogens (tertiary/aromatic N) is 1. The molecular weight excluding hydrogens is 366 g/mol. The molecule has 29 heavy (non-hydrogen) atoms. The molecule has 6 heteroatoms. The third-order valence-electron chi connectivity index (χ3n) is 5.17. The Kier molecular flexibility index (Phi) is 10.1. The van der Waals surface area contributed by atoms with Crippen LogP contribution in [0.2, 0.25) is 0 Å². The molecule has 0 heterocycles. The van der Waals surface area contributed by atoms with E-state index in [1.54, 1.807) is 0 Å². The van der Waals surface area contributed by atoms with Gasteiger partial charge in [0.25, 0.3) is 0 Å². The van der Waals surface area contributed by atoms with Crippen LogP contribution in [-0.2, 0) is 11.2 Å². The topological polar surface area (TPSA) is 64.1 Å². The second-order valence-corrected chi connectivity index (χ2v) is 7.47. The highest BCUT2D eigenvalue weighted by atomic mass is 16.5. The lowest BCUT2D eigenvalue weighted by Crippen LogP contribution is -2.38. The normalized spacial score (nSPS) is 15.1. The summed E-state index contributed by atoms with van der Waals surface area (Å²) in [6.45, 7) is 13.6. The Morgan fingerprint density at radius 3 is 2.41 bits per heavy atom. The molecule has 1 saturated carbocycles. The lowest BCUT2D eigenvalue weighted by Gasteiger charge is -2.16. The number of hydrogen-bond donors (Lipinski definition) is 2. The number of guanidine groups is 1. The smallest absolute Gasteiger partial charge is 0.191 e. The molecule has 0 bridgehead atoms. The molecule has 1 aliphatic rings. The lowest BCUT2D eigenvalue weighted by molar-refractivity contribution is 0.129. The molecule has 6 nitrogen and oxygen atoms in total. The van der Waals surface area contributed by atoms with Crippen molar-refractivity contribution in [2.24, 2.45) is 10.4 Å². The zero-order valence-electron chi connectivity index (χ0n) is 18.7. The molecule has 1 aromatic carbocycles. The summed E-state index contributed by atoms with van der Waals surface area (Å²) in [6.07, 6.45) is 4.52. The van der Waals surface area contributed by atoms with E-state index in [0.29, 0.717) is 18.6 Å². The van der Waals surface area contributed by atoms with E-state index in [-0.39, 0.29) is 0 Å². The molecule has 0 spiro atoms. The molecule has 1 aliphatic carbocycles. The highest BCUT2D eigenvalue weighted by molar-refractivity contribution is 5.79. The van der Waals surface area contributed by atoms with Crippen LogP contribution in [0.5, 0.6) is 11.5 Å². The zero-order chi connectivity index (χ0) is 21.0. The average molecular weight is 406 g/mol. The predicted molar refractivity (Wildman–Crippen MR) is 119 cm³/mol. The Balaban J connectivity index is 1.86. The Morgan fingerprint density at radius 1 is 1.00 bits per heavy atom. The maximum atomic E-state index is 5.73. The van der Waals surface area contributed by atoms with Gasteiger partial charge < -0.3 is 24.8 Å². The van der Waals surface area contributed by atoms with Gasteiger partial charge in [-0.1, -0.05) is 6.07 Å². The van der Waals surface area contributed by atoms with Crippen molar-refractivity contribution >= 4 is 5.96 Å². The number of aliphatic imine (C=N–C) groups is 1. The van der Waals surface area contributed by atoms with E-state index >= 15 is 0 Å². The predicted octanol–water partition coefficient (Wildman–Crippen LogP) is 3.79. The number of nitrogens with one attached hydrogen (secondary N) is 2. The lowest BCUT2D eigenvalue weighted by atomic mass is 10.0. The maximum absolute atomic E-state index is 5.73. The van der Waals surface area contributed by atoms with E-state index in [0.717, 1.165) is 63.1 Å².